The summed E-state index contributed by atoms with van der Waals surface area (Å²) in [5, 5.41) is 23.1. The summed E-state index contributed by atoms with van der Waals surface area (Å²) in [6.07, 6.45) is 0.919. The van der Waals surface area contributed by atoms with Gasteiger partial charge in [0.05, 0.1) is 18.1 Å². The molecule has 1 aliphatic heterocycles. The van der Waals surface area contributed by atoms with Crippen LogP contribution in [0.1, 0.15) is 5.56 Å². The van der Waals surface area contributed by atoms with Gasteiger partial charge in [0.2, 0.25) is 0 Å². The lowest BCUT2D eigenvalue weighted by molar-refractivity contribution is -0.398. The molecule has 1 aliphatic rings. The fourth-order valence-corrected chi connectivity index (χ4v) is 2.10. The molecule has 0 unspecified atom stereocenters. The van der Waals surface area contributed by atoms with Crippen molar-refractivity contribution in [1.82, 2.24) is 9.80 Å². The smallest absolute Gasteiger partial charge is 0.333 e. The third kappa shape index (κ3) is 2.64. The molecule has 0 spiro atoms. The van der Waals surface area contributed by atoms with Gasteiger partial charge in [-0.2, -0.15) is 0 Å². The molecule has 10 heteroatoms. The predicted molar refractivity (Wildman–Crippen MR) is 78.0 cm³/mol. The van der Waals surface area contributed by atoms with Crippen LogP contribution in [0.25, 0.3) is 6.08 Å². The summed E-state index contributed by atoms with van der Waals surface area (Å²) in [6, 6.07) is 1.29. The van der Waals surface area contributed by atoms with Gasteiger partial charge in [-0.3, -0.25) is 29.5 Å². The number of nitro benzene ring substituents is 1. The molecule has 0 aromatic heterocycles. The zero-order valence-electron chi connectivity index (χ0n) is 12.9. The second-order valence-corrected chi connectivity index (χ2v) is 4.89. The summed E-state index contributed by atoms with van der Waals surface area (Å²) in [5.74, 6) is -2.78. The van der Waals surface area contributed by atoms with Crippen molar-refractivity contribution in [2.45, 2.75) is 0 Å². The molecule has 1 aromatic carbocycles. The molecule has 0 aliphatic carbocycles. The van der Waals surface area contributed by atoms with Gasteiger partial charge in [-0.15, -0.1) is 0 Å². The Morgan fingerprint density at radius 2 is 1.67 bits per heavy atom. The number of ether oxygens (including phenoxy) is 1. The number of hydrogen-bond acceptors (Lipinski definition) is 7. The van der Waals surface area contributed by atoms with E-state index in [0.29, 0.717) is 9.80 Å². The van der Waals surface area contributed by atoms with Gasteiger partial charge in [-0.1, -0.05) is 0 Å². The minimum Gasteiger partial charge on any atom is -0.867 e. The number of urea groups is 1. The number of nitrogens with zero attached hydrogens (tertiary/aromatic N) is 3. The standard InChI is InChI=1S/C14H13N3O7/c1-15-12(19)9(13(20)16(2)14(15)21)5-7-4-8(24-3)6-10(11(7)18)17(22)23/h4-6,18H,1-3H3/p-1. The molecule has 1 heterocycles. The Hall–Kier alpha value is -3.43. The van der Waals surface area contributed by atoms with Gasteiger partial charge in [0, 0.05) is 14.1 Å². The minimum atomic E-state index is -0.976. The van der Waals surface area contributed by atoms with Gasteiger partial charge in [0.1, 0.15) is 11.3 Å². The van der Waals surface area contributed by atoms with Crippen molar-refractivity contribution < 1.29 is 29.2 Å². The first-order chi connectivity index (χ1) is 11.2. The molecule has 4 amide bonds. The predicted octanol–water partition coefficient (Wildman–Crippen LogP) is 0.111. The highest BCUT2D eigenvalue weighted by Crippen LogP contribution is 2.34. The van der Waals surface area contributed by atoms with Gasteiger partial charge < -0.3 is 9.84 Å². The average Bonchev–Trinajstić information content (AvgIpc) is 2.56. The lowest BCUT2D eigenvalue weighted by Gasteiger charge is -2.29. The Balaban J connectivity index is 2.64. The molecule has 1 aromatic rings. The van der Waals surface area contributed by atoms with Crippen molar-refractivity contribution in [3.63, 3.8) is 0 Å². The maximum Gasteiger partial charge on any atom is 0.333 e. The van der Waals surface area contributed by atoms with E-state index >= 15 is 0 Å². The fourth-order valence-electron chi connectivity index (χ4n) is 2.10. The third-order valence-corrected chi connectivity index (χ3v) is 3.45. The van der Waals surface area contributed by atoms with E-state index in [1.165, 1.54) is 27.3 Å². The highest BCUT2D eigenvalue weighted by Gasteiger charge is 2.37. The van der Waals surface area contributed by atoms with E-state index in [9.17, 15) is 29.6 Å². The number of imide groups is 2. The Kier molecular flexibility index (Phi) is 4.22. The molecule has 2 rings (SSSR count). The Morgan fingerprint density at radius 1 is 1.12 bits per heavy atom. The number of methoxy groups -OCH3 is 1. The third-order valence-electron chi connectivity index (χ3n) is 3.45. The van der Waals surface area contributed by atoms with Gasteiger partial charge in [0.15, 0.2) is 0 Å². The quantitative estimate of drug-likeness (QED) is 0.331. The molecule has 0 atom stereocenters. The van der Waals surface area contributed by atoms with E-state index in [1.54, 1.807) is 0 Å². The van der Waals surface area contributed by atoms with Crippen LogP contribution in [0.15, 0.2) is 17.7 Å². The second kappa shape index (κ2) is 5.99. The number of benzene rings is 1. The number of amides is 4. The van der Waals surface area contributed by atoms with Crippen LogP contribution in [0.5, 0.6) is 11.5 Å². The Bertz CT molecular complexity index is 774. The van der Waals surface area contributed by atoms with Gasteiger partial charge in [0.25, 0.3) is 17.5 Å². The SMILES string of the molecule is COc1cc(C=C2C(=O)N(C)C(=O)N(C)C2=O)c([O-])c([N+](=O)[O-])c1. The molecule has 0 saturated carbocycles. The van der Waals surface area contributed by atoms with Crippen LogP contribution < -0.4 is 9.84 Å². The van der Waals surface area contributed by atoms with Crippen molar-refractivity contribution in [3.05, 3.63) is 33.4 Å². The summed E-state index contributed by atoms with van der Waals surface area (Å²) < 4.78 is 4.89. The van der Waals surface area contributed by atoms with Crippen LogP contribution in [-0.2, 0) is 9.59 Å². The zero-order valence-corrected chi connectivity index (χ0v) is 12.9. The summed E-state index contributed by atoms with van der Waals surface area (Å²) in [4.78, 5) is 47.3. The number of carbonyl (C=O) groups excluding carboxylic acids is 3. The normalized spacial score (nSPS) is 15.0. The number of rotatable bonds is 3. The van der Waals surface area contributed by atoms with Crippen LogP contribution >= 0.6 is 0 Å². The van der Waals surface area contributed by atoms with Crippen molar-refractivity contribution in [1.29, 1.82) is 0 Å². The molecule has 0 radical (unpaired) electrons. The van der Waals surface area contributed by atoms with Crippen molar-refractivity contribution in [2.75, 3.05) is 21.2 Å². The molecule has 1 saturated heterocycles. The maximum absolute atomic E-state index is 12.1. The lowest BCUT2D eigenvalue weighted by atomic mass is 10.0. The fraction of sp³-hybridized carbons (Fsp3) is 0.214. The summed E-state index contributed by atoms with van der Waals surface area (Å²) >= 11 is 0. The van der Waals surface area contributed by atoms with Crippen molar-refractivity contribution in [3.8, 4) is 11.5 Å². The van der Waals surface area contributed by atoms with E-state index in [2.05, 4.69) is 0 Å². The van der Waals surface area contributed by atoms with E-state index in [0.717, 1.165) is 12.1 Å². The summed E-state index contributed by atoms with van der Waals surface area (Å²) in [7, 11) is 3.60. The van der Waals surface area contributed by atoms with Crippen LogP contribution in [0.3, 0.4) is 0 Å². The number of barbiturate groups is 1. The van der Waals surface area contributed by atoms with E-state index in [-0.39, 0.29) is 11.3 Å². The summed E-state index contributed by atoms with van der Waals surface area (Å²) in [5.41, 5.74) is -1.48. The molecule has 1 fully saturated rings. The van der Waals surface area contributed by atoms with Crippen LogP contribution in [0.4, 0.5) is 10.5 Å². The zero-order chi connectivity index (χ0) is 18.2. The lowest BCUT2D eigenvalue weighted by Crippen LogP contribution is -2.52. The van der Waals surface area contributed by atoms with E-state index in [1.807, 2.05) is 0 Å². The number of likely N-dealkylation sites (N-methyl/N-ethyl adjacent to an activating group) is 2. The first kappa shape index (κ1) is 16.9. The molecule has 0 N–H and O–H groups in total. The Labute approximate surface area is 135 Å². The summed E-state index contributed by atoms with van der Waals surface area (Å²) in [6.45, 7) is 0. The van der Waals surface area contributed by atoms with E-state index in [4.69, 9.17) is 4.74 Å². The molecule has 10 nitrogen and oxygen atoms in total. The molecular formula is C14H12N3O7-. The molecular weight excluding hydrogens is 322 g/mol. The first-order valence-electron chi connectivity index (χ1n) is 6.54. The largest absolute Gasteiger partial charge is 0.867 e. The van der Waals surface area contributed by atoms with Crippen LogP contribution in [0, 0.1) is 10.1 Å². The van der Waals surface area contributed by atoms with Gasteiger partial charge >= 0.3 is 6.03 Å². The van der Waals surface area contributed by atoms with Crippen LogP contribution in [0.2, 0.25) is 0 Å². The second-order valence-electron chi connectivity index (χ2n) is 4.89. The van der Waals surface area contributed by atoms with Gasteiger partial charge in [-0.05, 0) is 23.5 Å². The highest BCUT2D eigenvalue weighted by atomic mass is 16.6. The Morgan fingerprint density at radius 3 is 2.12 bits per heavy atom. The monoisotopic (exact) mass is 334 g/mol. The topological polar surface area (TPSA) is 133 Å². The molecule has 126 valence electrons. The van der Waals surface area contributed by atoms with Crippen molar-refractivity contribution >= 4 is 29.6 Å². The average molecular weight is 334 g/mol. The molecule has 0 bridgehead atoms. The maximum atomic E-state index is 12.1. The number of carbonyl (C=O) groups is 3. The number of hydrogen-bond donors (Lipinski definition) is 0. The van der Waals surface area contributed by atoms with E-state index < -0.39 is 39.8 Å². The number of nitro groups is 1. The molecule has 24 heavy (non-hydrogen) atoms. The van der Waals surface area contributed by atoms with Crippen molar-refractivity contribution in [2.24, 2.45) is 0 Å². The first-order valence-corrected chi connectivity index (χ1v) is 6.54. The van der Waals surface area contributed by atoms with Gasteiger partial charge in [-0.25, -0.2) is 4.79 Å². The minimum absolute atomic E-state index is 0.0154. The highest BCUT2D eigenvalue weighted by molar-refractivity contribution is 6.30. The van der Waals surface area contributed by atoms with Crippen LogP contribution in [-0.4, -0.2) is 53.8 Å².